The molecule has 2 fully saturated rings. The number of ether oxygens (including phenoxy) is 2. The Labute approximate surface area is 467 Å². The first-order valence-electron chi connectivity index (χ1n) is 26.1. The third-order valence-corrected chi connectivity index (χ3v) is 14.0. The number of aryl methyl sites for hydroxylation is 3. The summed E-state index contributed by atoms with van der Waals surface area (Å²) in [7, 11) is -4.02. The average molecular weight is 1110 g/mol. The third kappa shape index (κ3) is 18.2. The standard InChI is InChI=1S/C26H30N6O2.C20H21N5O3.C7H8O3S.C5H10N2/c1-18-14-28-25(30-21-15-29-32(16-21)22-9-12-34-13-10-22)31-24(18)20-6-4-19(5-7-20)23(33)8-11-26(2,3)17-27;1-13-10-21-20(24-18(13)14-2-4-15(5-3-14)19(26)27)23-16-11-22-25(12-16)17-6-8-28-9-7-17;1-6-2-4-7(5-3-6)11(8,9)10;1-5(2,3-6)4-7/h4-7,14-16,22H,8-13H2,1-3H3,(H,28,30,31);2-5,10-12,17H,6-9H2,1H3,(H,26,27)(H,21,23,24);2-5H,1H3,(H,8,9,10);3,6H2,1-2H3. The van der Waals surface area contributed by atoms with Crippen molar-refractivity contribution in [3.8, 4) is 34.7 Å². The Morgan fingerprint density at radius 2 is 1.10 bits per heavy atom. The molecule has 0 bridgehead atoms. The van der Waals surface area contributed by atoms with Gasteiger partial charge in [0.1, 0.15) is 0 Å². The Morgan fingerprint density at radius 3 is 1.48 bits per heavy atom. The second-order valence-corrected chi connectivity index (χ2v) is 22.1. The molecule has 2 saturated heterocycles. The van der Waals surface area contributed by atoms with E-state index in [1.165, 1.54) is 12.1 Å². The monoisotopic (exact) mass is 1110 g/mol. The van der Waals surface area contributed by atoms with Gasteiger partial charge in [-0.05, 0) is 116 Å². The lowest BCUT2D eigenvalue weighted by Gasteiger charge is -2.22. The number of rotatable bonds is 15. The van der Waals surface area contributed by atoms with Crippen molar-refractivity contribution >= 4 is 45.1 Å². The fourth-order valence-corrected chi connectivity index (χ4v) is 8.40. The maximum atomic E-state index is 12.5. The lowest BCUT2D eigenvalue weighted by atomic mass is 9.88. The van der Waals surface area contributed by atoms with E-state index in [0.717, 1.165) is 103 Å². The molecule has 0 aliphatic carbocycles. The van der Waals surface area contributed by atoms with Crippen molar-refractivity contribution in [3.05, 3.63) is 138 Å². The van der Waals surface area contributed by atoms with Gasteiger partial charge in [-0.3, -0.25) is 18.7 Å². The van der Waals surface area contributed by atoms with Crippen LogP contribution in [0.2, 0.25) is 0 Å². The molecule has 80 heavy (non-hydrogen) atoms. The first-order valence-corrected chi connectivity index (χ1v) is 27.5. The molecule has 0 amide bonds. The van der Waals surface area contributed by atoms with Crippen LogP contribution in [-0.4, -0.2) is 102 Å². The molecule has 9 rings (SSSR count). The predicted molar refractivity (Wildman–Crippen MR) is 303 cm³/mol. The van der Waals surface area contributed by atoms with Gasteiger partial charge in [0, 0.05) is 80.9 Å². The predicted octanol–water partition coefficient (Wildman–Crippen LogP) is 10.4. The van der Waals surface area contributed by atoms with Crippen LogP contribution in [0.5, 0.6) is 0 Å². The number of carbonyl (C=O) groups is 2. The number of nitrogens with zero attached hydrogens (tertiary/aromatic N) is 10. The second-order valence-electron chi connectivity index (χ2n) is 20.7. The fraction of sp³-hybridized carbons (Fsp3) is 0.379. The van der Waals surface area contributed by atoms with Crippen LogP contribution in [0, 0.1) is 54.3 Å². The van der Waals surface area contributed by atoms with Crippen LogP contribution in [0.15, 0.2) is 115 Å². The molecule has 0 atom stereocenters. The van der Waals surface area contributed by atoms with Crippen LogP contribution < -0.4 is 16.4 Å². The molecular formula is C58H69N13O8S. The largest absolute Gasteiger partial charge is 0.478 e. The zero-order chi connectivity index (χ0) is 58.0. The van der Waals surface area contributed by atoms with E-state index in [9.17, 15) is 18.0 Å². The van der Waals surface area contributed by atoms with E-state index >= 15 is 0 Å². The molecule has 6 heterocycles. The fourth-order valence-electron chi connectivity index (χ4n) is 7.92. The van der Waals surface area contributed by atoms with Gasteiger partial charge in [0.05, 0.1) is 80.7 Å². The van der Waals surface area contributed by atoms with Gasteiger partial charge in [0.25, 0.3) is 10.1 Å². The van der Waals surface area contributed by atoms with Gasteiger partial charge in [-0.25, -0.2) is 24.7 Å². The zero-order valence-electron chi connectivity index (χ0n) is 46.1. The van der Waals surface area contributed by atoms with E-state index in [-0.39, 0.29) is 21.7 Å². The number of aromatic carboxylic acids is 1. The topological polar surface area (TPSA) is 312 Å². The Bertz CT molecular complexity index is 3370. The first-order chi connectivity index (χ1) is 38.1. The van der Waals surface area contributed by atoms with Gasteiger partial charge >= 0.3 is 5.97 Å². The molecule has 0 spiro atoms. The molecule has 6 N–H and O–H groups in total. The van der Waals surface area contributed by atoms with Crippen molar-refractivity contribution in [2.45, 2.75) is 104 Å². The minimum absolute atomic E-state index is 0.0400. The van der Waals surface area contributed by atoms with E-state index in [2.05, 4.69) is 47.9 Å². The first kappa shape index (κ1) is 61.0. The van der Waals surface area contributed by atoms with Crippen molar-refractivity contribution in [3.63, 3.8) is 0 Å². The highest BCUT2D eigenvalue weighted by Crippen LogP contribution is 2.29. The quantitative estimate of drug-likeness (QED) is 0.0470. The Morgan fingerprint density at radius 1 is 0.675 bits per heavy atom. The number of carboxylic acid groups (broad SMARTS) is 1. The molecule has 22 heteroatoms. The summed E-state index contributed by atoms with van der Waals surface area (Å²) in [6.07, 6.45) is 15.7. The van der Waals surface area contributed by atoms with Gasteiger partial charge in [0.15, 0.2) is 5.78 Å². The van der Waals surface area contributed by atoms with E-state index in [1.807, 2.05) is 94.5 Å². The number of nitrogens with one attached hydrogen (secondary N) is 2. The molecule has 3 aromatic carbocycles. The van der Waals surface area contributed by atoms with Crippen LogP contribution in [-0.2, 0) is 19.6 Å². The summed E-state index contributed by atoms with van der Waals surface area (Å²) in [5, 5.41) is 41.9. The molecule has 2 aliphatic rings. The van der Waals surface area contributed by atoms with Gasteiger partial charge < -0.3 is 30.9 Å². The lowest BCUT2D eigenvalue weighted by Crippen LogP contribution is -2.20. The van der Waals surface area contributed by atoms with Gasteiger partial charge in [-0.2, -0.15) is 29.1 Å². The summed E-state index contributed by atoms with van der Waals surface area (Å²) in [5.41, 5.74) is 13.0. The molecule has 0 radical (unpaired) electrons. The van der Waals surface area contributed by atoms with Crippen molar-refractivity contribution in [1.82, 2.24) is 39.5 Å². The number of carbonyl (C=O) groups excluding carboxylic acids is 1. The van der Waals surface area contributed by atoms with Crippen LogP contribution in [0.25, 0.3) is 22.5 Å². The summed E-state index contributed by atoms with van der Waals surface area (Å²) in [4.78, 5) is 41.6. The van der Waals surface area contributed by atoms with E-state index in [0.29, 0.717) is 48.9 Å². The summed E-state index contributed by atoms with van der Waals surface area (Å²) in [6, 6.07) is 25.1. The number of hydrogen-bond acceptors (Lipinski definition) is 17. The SMILES string of the molecule is CC(C)(C#N)CN.Cc1ccc(S(=O)(=O)O)cc1.Cc1cnc(Nc2cnn(C3CCOCC3)c2)nc1-c1ccc(C(=O)CCC(C)(C)C#N)cc1.Cc1cnc(Nc2cnn(C3CCOCC3)c2)nc1-c1ccc(C(=O)O)cc1. The highest BCUT2D eigenvalue weighted by Gasteiger charge is 2.21. The normalized spacial score (nSPS) is 13.8. The maximum Gasteiger partial charge on any atom is 0.335 e. The number of hydrogen-bond donors (Lipinski definition) is 5. The minimum atomic E-state index is -4.02. The molecule has 21 nitrogen and oxygen atoms in total. The molecule has 0 unspecified atom stereocenters. The molecule has 4 aromatic heterocycles. The number of Topliss-reactive ketones (excluding diaryl/α,β-unsaturated/α-hetero) is 1. The maximum absolute atomic E-state index is 12.5. The number of nitrogens with two attached hydrogens (primary N) is 1. The van der Waals surface area contributed by atoms with E-state index < -0.39 is 21.5 Å². The smallest absolute Gasteiger partial charge is 0.335 e. The van der Waals surface area contributed by atoms with Crippen molar-refractivity contribution in [2.24, 2.45) is 16.6 Å². The third-order valence-electron chi connectivity index (χ3n) is 13.1. The van der Waals surface area contributed by atoms with Crippen molar-refractivity contribution in [1.29, 1.82) is 10.5 Å². The lowest BCUT2D eigenvalue weighted by molar-refractivity contribution is 0.0661. The number of anilines is 4. The molecule has 420 valence electrons. The highest BCUT2D eigenvalue weighted by molar-refractivity contribution is 7.85. The van der Waals surface area contributed by atoms with Gasteiger partial charge in [-0.1, -0.05) is 54.1 Å². The number of nitriles is 2. The summed E-state index contributed by atoms with van der Waals surface area (Å²) in [5.74, 6) is 0.0495. The number of ketones is 1. The van der Waals surface area contributed by atoms with Crippen molar-refractivity contribution in [2.75, 3.05) is 43.6 Å². The second kappa shape index (κ2) is 28.1. The van der Waals surface area contributed by atoms with Crippen LogP contribution >= 0.6 is 0 Å². The van der Waals surface area contributed by atoms with E-state index in [1.54, 1.807) is 61.2 Å². The zero-order valence-corrected chi connectivity index (χ0v) is 46.9. The highest BCUT2D eigenvalue weighted by atomic mass is 32.2. The number of benzene rings is 3. The van der Waals surface area contributed by atoms with Crippen LogP contribution in [0.3, 0.4) is 0 Å². The van der Waals surface area contributed by atoms with Gasteiger partial charge in [-0.15, -0.1) is 0 Å². The Balaban J connectivity index is 0.000000199. The Kier molecular flexibility index (Phi) is 21.4. The molecule has 0 saturated carbocycles. The van der Waals surface area contributed by atoms with E-state index in [4.69, 9.17) is 40.4 Å². The number of aromatic nitrogens is 8. The number of carboxylic acids is 1. The summed E-state index contributed by atoms with van der Waals surface area (Å²) < 4.78 is 44.3. The Hall–Kier alpha value is -8.25. The average Bonchev–Trinajstić information content (AvgIpc) is 4.15. The molecule has 7 aromatic rings. The van der Waals surface area contributed by atoms with Crippen LogP contribution in [0.4, 0.5) is 23.3 Å². The minimum Gasteiger partial charge on any atom is -0.478 e. The molecule has 2 aliphatic heterocycles. The summed E-state index contributed by atoms with van der Waals surface area (Å²) >= 11 is 0. The molecular weight excluding hydrogens is 1040 g/mol. The van der Waals surface area contributed by atoms with Crippen molar-refractivity contribution < 1.29 is 37.1 Å². The summed E-state index contributed by atoms with van der Waals surface area (Å²) in [6.45, 7) is 16.5. The van der Waals surface area contributed by atoms with Gasteiger partial charge in [0.2, 0.25) is 11.9 Å². The van der Waals surface area contributed by atoms with Crippen LogP contribution in [0.1, 0.15) is 116 Å².